The summed E-state index contributed by atoms with van der Waals surface area (Å²) in [5, 5.41) is 24.8. The van der Waals surface area contributed by atoms with Gasteiger partial charge < -0.3 is 29.3 Å². The average molecular weight is 856 g/mol. The molecule has 2 N–H and O–H groups in total. The molecule has 0 radical (unpaired) electrons. The van der Waals surface area contributed by atoms with E-state index in [1.165, 1.54) is 0 Å². The van der Waals surface area contributed by atoms with Gasteiger partial charge in [-0.25, -0.2) is 4.79 Å². The van der Waals surface area contributed by atoms with E-state index in [1.54, 1.807) is 19.1 Å². The number of nitrogens with zero attached hydrogens (tertiary/aromatic N) is 1. The van der Waals surface area contributed by atoms with Crippen LogP contribution in [0, 0.1) is 51.2 Å². The number of rotatable bonds is 11. The van der Waals surface area contributed by atoms with Crippen LogP contribution in [0.3, 0.4) is 0 Å². The lowest BCUT2D eigenvalue weighted by Crippen LogP contribution is -2.67. The van der Waals surface area contributed by atoms with Crippen LogP contribution in [-0.4, -0.2) is 65.6 Å². The molecule has 0 saturated heterocycles. The number of carbonyl (C=O) groups excluding carboxylic acids is 2. The van der Waals surface area contributed by atoms with Crippen molar-refractivity contribution in [3.05, 3.63) is 108 Å². The molecular weight excluding hydrogens is 787 g/mol. The number of aliphatic hydroxyl groups is 2. The van der Waals surface area contributed by atoms with E-state index in [1.807, 2.05) is 60.7 Å². The van der Waals surface area contributed by atoms with Gasteiger partial charge in [0.15, 0.2) is 5.78 Å². The summed E-state index contributed by atoms with van der Waals surface area (Å²) in [4.78, 5) is 32.3. The minimum atomic E-state index is -1.28. The van der Waals surface area contributed by atoms with E-state index in [-0.39, 0.29) is 48.1 Å². The van der Waals surface area contributed by atoms with Crippen molar-refractivity contribution in [1.82, 2.24) is 4.90 Å². The summed E-state index contributed by atoms with van der Waals surface area (Å²) in [7, 11) is 3.25. The third-order valence-corrected chi connectivity index (χ3v) is 18.0. The van der Waals surface area contributed by atoms with Gasteiger partial charge in [-0.1, -0.05) is 114 Å². The first kappa shape index (κ1) is 43.8. The molecule has 10 rings (SSSR count). The number of benzene rings is 3. The average Bonchev–Trinajstić information content (AvgIpc) is 3.55. The predicted octanol–water partition coefficient (Wildman–Crippen LogP) is 11.2. The second kappa shape index (κ2) is 16.2. The van der Waals surface area contributed by atoms with Crippen LogP contribution in [0.4, 0.5) is 4.79 Å². The van der Waals surface area contributed by atoms with Crippen LogP contribution in [0.25, 0.3) is 11.1 Å². The number of allylic oxidation sites excluding steroid dienone is 4. The Balaban J connectivity index is 1.12. The van der Waals surface area contributed by atoms with Crippen molar-refractivity contribution >= 4 is 11.9 Å². The highest BCUT2D eigenvalue weighted by atomic mass is 16.6. The Morgan fingerprint density at radius 3 is 2.30 bits per heavy atom. The Labute approximate surface area is 375 Å². The van der Waals surface area contributed by atoms with Crippen LogP contribution in [0.2, 0.25) is 0 Å². The van der Waals surface area contributed by atoms with Gasteiger partial charge in [-0.05, 0) is 116 Å². The second-order valence-corrected chi connectivity index (χ2v) is 21.3. The van der Waals surface area contributed by atoms with Gasteiger partial charge in [0.05, 0.1) is 39.0 Å². The van der Waals surface area contributed by atoms with Gasteiger partial charge in [0.2, 0.25) is 0 Å². The zero-order chi connectivity index (χ0) is 44.5. The molecule has 336 valence electrons. The number of hydrogen-bond acceptors (Lipinski definition) is 7. The predicted molar refractivity (Wildman–Crippen MR) is 246 cm³/mol. The van der Waals surface area contributed by atoms with Crippen LogP contribution >= 0.6 is 0 Å². The van der Waals surface area contributed by atoms with Gasteiger partial charge >= 0.3 is 6.09 Å². The molecule has 7 aliphatic carbocycles. The number of ketones is 1. The summed E-state index contributed by atoms with van der Waals surface area (Å²) in [5.41, 5.74) is 0.989. The zero-order valence-corrected chi connectivity index (χ0v) is 38.6. The monoisotopic (exact) mass is 856 g/mol. The number of aliphatic hydroxyl groups excluding tert-OH is 1. The lowest BCUT2D eigenvalue weighted by molar-refractivity contribution is -0.175. The molecule has 63 heavy (non-hydrogen) atoms. The summed E-state index contributed by atoms with van der Waals surface area (Å²) in [6.45, 7) is 11.6. The molecule has 8 heteroatoms. The highest BCUT2D eigenvalue weighted by Gasteiger charge is 2.74. The third-order valence-electron chi connectivity index (χ3n) is 18.0. The summed E-state index contributed by atoms with van der Waals surface area (Å²) in [6.07, 6.45) is 13.9. The normalized spacial score (nSPS) is 36.4. The van der Waals surface area contributed by atoms with Crippen molar-refractivity contribution in [2.75, 3.05) is 20.8 Å². The summed E-state index contributed by atoms with van der Waals surface area (Å²) in [5.74, 6) is 2.45. The van der Waals surface area contributed by atoms with Crippen LogP contribution in [0.1, 0.15) is 115 Å². The number of amides is 1. The molecule has 2 spiro atoms. The molecular formula is C55H69NO7. The number of carbonyl (C=O) groups is 2. The SMILES string of the molecule is COc1ccc(CN(C[C@]2(O)CC[C@H]3[C@]45C=C[C@@]6(C=C4C(=O)c4ccccc4-c4ccccc4)CC(O)CC[C@]6(C)[C@H]5CC[C@@]32C)C(=O)O[C@H]2C[C@@H](C)CC[C@@H]2C(C)C)c(OC)c1. The van der Waals surface area contributed by atoms with E-state index in [0.717, 1.165) is 67.2 Å². The van der Waals surface area contributed by atoms with Gasteiger partial charge in [-0.2, -0.15) is 0 Å². The van der Waals surface area contributed by atoms with E-state index >= 15 is 4.79 Å². The molecule has 1 unspecified atom stereocenters. The van der Waals surface area contributed by atoms with Crippen molar-refractivity contribution in [2.45, 2.75) is 123 Å². The van der Waals surface area contributed by atoms with Gasteiger partial charge in [0.1, 0.15) is 17.6 Å². The Morgan fingerprint density at radius 2 is 1.56 bits per heavy atom. The maximum absolute atomic E-state index is 15.7. The van der Waals surface area contributed by atoms with Gasteiger partial charge in [-0.15, -0.1) is 0 Å². The summed E-state index contributed by atoms with van der Waals surface area (Å²) >= 11 is 0. The lowest BCUT2D eigenvalue weighted by atomic mass is 9.32. The molecule has 1 amide bonds. The first-order valence-corrected chi connectivity index (χ1v) is 23.8. The number of hydrogen-bond donors (Lipinski definition) is 2. The minimum absolute atomic E-state index is 0.0307. The number of ether oxygens (including phenoxy) is 3. The van der Waals surface area contributed by atoms with Crippen molar-refractivity contribution in [2.24, 2.45) is 51.2 Å². The largest absolute Gasteiger partial charge is 0.497 e. The number of methoxy groups -OCH3 is 2. The standard InChI is InChI=1S/C55H69NO7/c1-35(2)41-20-17-36(3)29-46(41)63-50(59)56(33-38-18-19-40(61-6)30-45(38)62-7)34-54(60)26-23-48-52(54,5)25-22-47-51(4)24-21-39(57)31-53(51)27-28-55(47,48)44(32-53)49(58)43-16-12-11-15-42(43)37-13-9-8-10-14-37/h8-16,18-19,27-28,30,32,35-36,39,41,46-48,57,60H,17,20-26,29,31,33-34H2,1-7H3/t36-,39?,41+,46-,47+,48+,51+,52-,53-,54+,55+/m0/s1. The van der Waals surface area contributed by atoms with Crippen molar-refractivity contribution in [1.29, 1.82) is 0 Å². The van der Waals surface area contributed by atoms with E-state index in [9.17, 15) is 15.0 Å². The first-order chi connectivity index (χ1) is 30.1. The summed E-state index contributed by atoms with van der Waals surface area (Å²) in [6, 6.07) is 23.8. The summed E-state index contributed by atoms with van der Waals surface area (Å²) < 4.78 is 18.0. The zero-order valence-electron chi connectivity index (χ0n) is 38.6. The van der Waals surface area contributed by atoms with Gasteiger partial charge in [0.25, 0.3) is 0 Å². The smallest absolute Gasteiger partial charge is 0.410 e. The van der Waals surface area contributed by atoms with Crippen LogP contribution in [-0.2, 0) is 11.3 Å². The topological polar surface area (TPSA) is 106 Å². The van der Waals surface area contributed by atoms with Gasteiger partial charge in [-0.3, -0.25) is 4.79 Å². The molecule has 11 atom stereocenters. The highest BCUT2D eigenvalue weighted by molar-refractivity contribution is 6.14. The first-order valence-electron chi connectivity index (χ1n) is 23.8. The van der Waals surface area contributed by atoms with Crippen molar-refractivity contribution in [3.8, 4) is 22.6 Å². The molecule has 3 aromatic carbocycles. The Hall–Kier alpha value is -4.40. The minimum Gasteiger partial charge on any atom is -0.497 e. The Kier molecular flexibility index (Phi) is 11.3. The maximum atomic E-state index is 15.7. The van der Waals surface area contributed by atoms with E-state index in [2.05, 4.69) is 65.0 Å². The molecule has 2 bridgehead atoms. The fourth-order valence-electron chi connectivity index (χ4n) is 14.4. The highest BCUT2D eigenvalue weighted by Crippen LogP contribution is 2.78. The van der Waals surface area contributed by atoms with E-state index < -0.39 is 34.0 Å². The molecule has 0 heterocycles. The van der Waals surface area contributed by atoms with Crippen LogP contribution in [0.5, 0.6) is 11.5 Å². The molecule has 8 nitrogen and oxygen atoms in total. The number of Topliss-reactive ketones (excluding diaryl/α,β-unsaturated/α-hetero) is 1. The fourth-order valence-corrected chi connectivity index (χ4v) is 14.4. The maximum Gasteiger partial charge on any atom is 0.410 e. The van der Waals surface area contributed by atoms with Gasteiger partial charge in [0, 0.05) is 39.0 Å². The van der Waals surface area contributed by atoms with Crippen molar-refractivity contribution < 1.29 is 34.0 Å². The fraction of sp³-hybridized carbons (Fsp3) is 0.564. The molecule has 0 aliphatic heterocycles. The Morgan fingerprint density at radius 1 is 0.841 bits per heavy atom. The second-order valence-electron chi connectivity index (χ2n) is 21.3. The molecule has 0 aromatic heterocycles. The lowest BCUT2D eigenvalue weighted by Gasteiger charge is -2.71. The Bertz CT molecular complexity index is 2290. The molecule has 7 aliphatic rings. The molecule has 4 fully saturated rings. The third kappa shape index (κ3) is 6.90. The van der Waals surface area contributed by atoms with Crippen molar-refractivity contribution in [3.63, 3.8) is 0 Å². The van der Waals surface area contributed by atoms with Crippen LogP contribution < -0.4 is 9.47 Å². The van der Waals surface area contributed by atoms with E-state index in [4.69, 9.17) is 14.2 Å². The van der Waals surface area contributed by atoms with E-state index in [0.29, 0.717) is 48.2 Å². The molecule has 4 saturated carbocycles. The van der Waals surface area contributed by atoms with Crippen LogP contribution in [0.15, 0.2) is 96.6 Å². The number of fused-ring (bicyclic) bond motifs is 1. The quantitative estimate of drug-likeness (QED) is 0.146. The molecule has 3 aromatic rings.